The van der Waals surface area contributed by atoms with E-state index in [4.69, 9.17) is 11.6 Å². The number of nitrogens with one attached hydrogen (secondary N) is 2. The molecule has 1 aromatic carbocycles. The minimum Gasteiger partial charge on any atom is -0.353 e. The van der Waals surface area contributed by atoms with Gasteiger partial charge >= 0.3 is 6.03 Å². The molecule has 1 saturated heterocycles. The highest BCUT2D eigenvalue weighted by Gasteiger charge is 2.38. The van der Waals surface area contributed by atoms with Crippen molar-refractivity contribution in [2.45, 2.75) is 51.1 Å². The Labute approximate surface area is 177 Å². The first-order valence-electron chi connectivity index (χ1n) is 9.95. The fourth-order valence-electron chi connectivity index (χ4n) is 4.39. The average Bonchev–Trinajstić information content (AvgIpc) is 3.14. The maximum Gasteiger partial charge on any atom is 0.318 e. The van der Waals surface area contributed by atoms with E-state index in [1.165, 1.54) is 11.0 Å². The van der Waals surface area contributed by atoms with Crippen molar-refractivity contribution in [3.8, 4) is 0 Å². The molecule has 2 fully saturated rings. The van der Waals surface area contributed by atoms with E-state index in [9.17, 15) is 27.2 Å². The van der Waals surface area contributed by atoms with Crippen LogP contribution >= 0.6 is 11.6 Å². The van der Waals surface area contributed by atoms with E-state index >= 15 is 0 Å². The van der Waals surface area contributed by atoms with Crippen molar-refractivity contribution in [1.82, 2.24) is 15.5 Å². The Hall–Kier alpha value is -2.03. The maximum absolute atomic E-state index is 14.8. The number of hydrogen-bond acceptors (Lipinski definition) is 2. The summed E-state index contributed by atoms with van der Waals surface area (Å²) in [5, 5.41) is 4.73. The molecule has 3 amide bonds. The molecule has 10 heteroatoms. The first-order chi connectivity index (χ1) is 14.2. The van der Waals surface area contributed by atoms with Gasteiger partial charge in [-0.1, -0.05) is 17.7 Å². The molecule has 4 atom stereocenters. The zero-order valence-corrected chi connectivity index (χ0v) is 17.2. The Balaban J connectivity index is 1.86. The van der Waals surface area contributed by atoms with Crippen LogP contribution in [-0.4, -0.2) is 42.4 Å². The van der Waals surface area contributed by atoms with Gasteiger partial charge in [0.05, 0.1) is 6.04 Å². The monoisotopic (exact) mass is 449 g/mol. The van der Waals surface area contributed by atoms with Crippen molar-refractivity contribution in [2.24, 2.45) is 11.8 Å². The largest absolute Gasteiger partial charge is 0.353 e. The summed E-state index contributed by atoms with van der Waals surface area (Å²) in [5.74, 6) is -2.77. The van der Waals surface area contributed by atoms with Gasteiger partial charge in [0.1, 0.15) is 22.7 Å². The number of amides is 3. The molecule has 0 spiro atoms. The molecule has 166 valence electrons. The van der Waals surface area contributed by atoms with E-state index in [0.717, 1.165) is 6.07 Å². The number of rotatable bonds is 5. The van der Waals surface area contributed by atoms with Crippen LogP contribution in [0.5, 0.6) is 0 Å². The fraction of sp³-hybridized carbons (Fsp3) is 0.600. The third-order valence-corrected chi connectivity index (χ3v) is 6.35. The Morgan fingerprint density at radius 1 is 1.33 bits per heavy atom. The second-order valence-electron chi connectivity index (χ2n) is 7.92. The third kappa shape index (κ3) is 4.82. The van der Waals surface area contributed by atoms with Gasteiger partial charge in [0.15, 0.2) is 0 Å². The van der Waals surface area contributed by atoms with Gasteiger partial charge in [-0.05, 0) is 44.1 Å². The lowest BCUT2D eigenvalue weighted by Gasteiger charge is -2.35. The molecule has 1 unspecified atom stereocenters. The second kappa shape index (κ2) is 9.41. The van der Waals surface area contributed by atoms with Crippen molar-refractivity contribution in [3.63, 3.8) is 0 Å². The van der Waals surface area contributed by atoms with E-state index < -0.39 is 41.2 Å². The van der Waals surface area contributed by atoms with Crippen molar-refractivity contribution < 1.29 is 27.2 Å². The first-order valence-corrected chi connectivity index (χ1v) is 10.3. The number of urea groups is 1. The molecule has 1 heterocycles. The summed E-state index contributed by atoms with van der Waals surface area (Å²) in [4.78, 5) is 26.1. The molecule has 1 saturated carbocycles. The number of carbonyl (C=O) groups is 2. The molecular weight excluding hydrogens is 426 g/mol. The number of benzene rings is 1. The molecule has 5 nitrogen and oxygen atoms in total. The Morgan fingerprint density at radius 3 is 2.77 bits per heavy atom. The first kappa shape index (κ1) is 22.7. The summed E-state index contributed by atoms with van der Waals surface area (Å²) in [5.41, 5.74) is 0.00607. The van der Waals surface area contributed by atoms with Crippen LogP contribution in [0.15, 0.2) is 12.1 Å². The van der Waals surface area contributed by atoms with Crippen molar-refractivity contribution in [3.05, 3.63) is 34.4 Å². The minimum atomic E-state index is -2.44. The predicted octanol–water partition coefficient (Wildman–Crippen LogP) is 4.26. The van der Waals surface area contributed by atoms with Crippen LogP contribution in [-0.2, 0) is 4.79 Å². The number of alkyl halides is 2. The highest BCUT2D eigenvalue weighted by molar-refractivity contribution is 6.31. The SMILES string of the molecule is C[C@@H]1C(=O)NCCN1C(=O)NC(c1ccc(F)c(Cl)c1F)[C@@H]1CC[C@@H](CC(F)F)C1. The van der Waals surface area contributed by atoms with E-state index in [-0.39, 0.29) is 42.8 Å². The van der Waals surface area contributed by atoms with Crippen LogP contribution in [0.2, 0.25) is 5.02 Å². The van der Waals surface area contributed by atoms with Crippen molar-refractivity contribution >= 4 is 23.5 Å². The van der Waals surface area contributed by atoms with Crippen LogP contribution < -0.4 is 10.6 Å². The van der Waals surface area contributed by atoms with Gasteiger partial charge in [0.25, 0.3) is 0 Å². The van der Waals surface area contributed by atoms with E-state index in [0.29, 0.717) is 19.3 Å². The Morgan fingerprint density at radius 2 is 2.07 bits per heavy atom. The number of carbonyl (C=O) groups excluding carboxylic acids is 2. The fourth-order valence-corrected chi connectivity index (χ4v) is 4.56. The second-order valence-corrected chi connectivity index (χ2v) is 8.30. The number of nitrogens with zero attached hydrogens (tertiary/aromatic N) is 1. The molecule has 30 heavy (non-hydrogen) atoms. The highest BCUT2D eigenvalue weighted by atomic mass is 35.5. The topological polar surface area (TPSA) is 61.4 Å². The van der Waals surface area contributed by atoms with Gasteiger partial charge in [-0.3, -0.25) is 4.79 Å². The van der Waals surface area contributed by atoms with Crippen LogP contribution in [0, 0.1) is 23.5 Å². The van der Waals surface area contributed by atoms with Gasteiger partial charge in [-0.15, -0.1) is 0 Å². The Bertz CT molecular complexity index is 811. The number of hydrogen-bond donors (Lipinski definition) is 2. The molecule has 2 aliphatic rings. The zero-order chi connectivity index (χ0) is 22.0. The van der Waals surface area contributed by atoms with Gasteiger partial charge < -0.3 is 15.5 Å². The van der Waals surface area contributed by atoms with E-state index in [1.54, 1.807) is 6.92 Å². The molecular formula is C20H24ClF4N3O2. The molecule has 3 rings (SSSR count). The van der Waals surface area contributed by atoms with Crippen molar-refractivity contribution in [1.29, 1.82) is 0 Å². The lowest BCUT2D eigenvalue weighted by atomic mass is 9.90. The van der Waals surface area contributed by atoms with Crippen LogP contribution in [0.4, 0.5) is 22.4 Å². The number of piperazine rings is 1. The Kier molecular flexibility index (Phi) is 7.10. The molecule has 0 radical (unpaired) electrons. The standard InChI is InChI=1S/C20H24ClF4N3O2/c1-10-19(29)26-6-7-28(10)20(30)27-18(12-3-2-11(8-12)9-15(23)24)13-4-5-14(22)16(21)17(13)25/h4-5,10-12,15,18H,2-3,6-9H2,1H3,(H,26,29)(H,27,30)/t10-,11-,12-,18?/m1/s1. The molecule has 2 N–H and O–H groups in total. The van der Waals surface area contributed by atoms with E-state index in [1.807, 2.05) is 0 Å². The smallest absolute Gasteiger partial charge is 0.318 e. The number of halogens is 5. The molecule has 1 aromatic rings. The van der Waals surface area contributed by atoms with Gasteiger partial charge in [0.2, 0.25) is 12.3 Å². The van der Waals surface area contributed by atoms with Crippen LogP contribution in [0.25, 0.3) is 0 Å². The van der Waals surface area contributed by atoms with Crippen LogP contribution in [0.3, 0.4) is 0 Å². The quantitative estimate of drug-likeness (QED) is 0.521. The minimum absolute atomic E-state index is 0.00607. The normalized spacial score (nSPS) is 25.4. The highest BCUT2D eigenvalue weighted by Crippen LogP contribution is 2.43. The molecule has 0 bridgehead atoms. The summed E-state index contributed by atoms with van der Waals surface area (Å²) in [6.07, 6.45) is -1.29. The summed E-state index contributed by atoms with van der Waals surface area (Å²) in [6, 6.07) is 0.0719. The van der Waals surface area contributed by atoms with Crippen molar-refractivity contribution in [2.75, 3.05) is 13.1 Å². The summed E-state index contributed by atoms with van der Waals surface area (Å²) in [7, 11) is 0. The maximum atomic E-state index is 14.8. The van der Waals surface area contributed by atoms with Gasteiger partial charge in [-0.2, -0.15) is 0 Å². The van der Waals surface area contributed by atoms with Gasteiger partial charge in [0, 0.05) is 25.1 Å². The summed E-state index contributed by atoms with van der Waals surface area (Å²) in [6.45, 7) is 2.14. The molecule has 1 aliphatic carbocycles. The predicted molar refractivity (Wildman–Crippen MR) is 103 cm³/mol. The van der Waals surface area contributed by atoms with Gasteiger partial charge in [-0.25, -0.2) is 22.4 Å². The lowest BCUT2D eigenvalue weighted by Crippen LogP contribution is -2.58. The zero-order valence-electron chi connectivity index (χ0n) is 16.4. The lowest BCUT2D eigenvalue weighted by molar-refractivity contribution is -0.126. The van der Waals surface area contributed by atoms with Crippen LogP contribution in [0.1, 0.15) is 44.2 Å². The molecule has 1 aliphatic heterocycles. The van der Waals surface area contributed by atoms with E-state index in [2.05, 4.69) is 10.6 Å². The average molecular weight is 450 g/mol. The summed E-state index contributed by atoms with van der Waals surface area (Å²) < 4.78 is 54.0. The third-order valence-electron chi connectivity index (χ3n) is 6.00. The molecule has 0 aromatic heterocycles. The summed E-state index contributed by atoms with van der Waals surface area (Å²) >= 11 is 5.73.